The van der Waals surface area contributed by atoms with Gasteiger partial charge < -0.3 is 9.73 Å². The topological polar surface area (TPSA) is 41.3 Å². The molecule has 4 nitrogen and oxygen atoms in total. The Morgan fingerprint density at radius 1 is 1.50 bits per heavy atom. The predicted molar refractivity (Wildman–Crippen MR) is 87.1 cm³/mol. The molecule has 0 saturated carbocycles. The Hall–Kier alpha value is -0.590. The first-order valence-electron chi connectivity index (χ1n) is 6.26. The first-order chi connectivity index (χ1) is 8.83. The van der Waals surface area contributed by atoms with Gasteiger partial charge >= 0.3 is 0 Å². The SMILES string of the molecule is CC1CNCCN1Cc1coc(-c2cccs2)n1.Cl.Cl. The van der Waals surface area contributed by atoms with Crippen LogP contribution in [0.25, 0.3) is 10.8 Å². The maximum atomic E-state index is 5.54. The summed E-state index contributed by atoms with van der Waals surface area (Å²) in [6, 6.07) is 4.61. The molecule has 2 aromatic heterocycles. The molecule has 1 N–H and O–H groups in total. The summed E-state index contributed by atoms with van der Waals surface area (Å²) in [5, 5.41) is 5.43. The molecule has 0 aliphatic carbocycles. The molecule has 2 aromatic rings. The van der Waals surface area contributed by atoms with Crippen LogP contribution < -0.4 is 5.32 Å². The van der Waals surface area contributed by atoms with Crippen molar-refractivity contribution in [1.29, 1.82) is 0 Å². The molecule has 1 aliphatic heterocycles. The molecule has 3 heterocycles. The minimum absolute atomic E-state index is 0. The molecule has 112 valence electrons. The Kier molecular flexibility index (Phi) is 6.99. The van der Waals surface area contributed by atoms with Crippen molar-refractivity contribution in [3.8, 4) is 10.8 Å². The highest BCUT2D eigenvalue weighted by Crippen LogP contribution is 2.24. The highest BCUT2D eigenvalue weighted by molar-refractivity contribution is 7.13. The number of oxazole rings is 1. The van der Waals surface area contributed by atoms with Crippen LogP contribution in [-0.2, 0) is 6.54 Å². The van der Waals surface area contributed by atoms with Crippen molar-refractivity contribution in [2.45, 2.75) is 19.5 Å². The standard InChI is InChI=1S/C13H17N3OS.2ClH/c1-10-7-14-4-5-16(10)8-11-9-17-13(15-11)12-3-2-6-18-12;;/h2-3,6,9-10,14H,4-5,7-8H2,1H3;2*1H. The predicted octanol–water partition coefficient (Wildman–Crippen LogP) is 3.04. The van der Waals surface area contributed by atoms with Crippen LogP contribution in [0, 0.1) is 0 Å². The van der Waals surface area contributed by atoms with E-state index >= 15 is 0 Å². The van der Waals surface area contributed by atoms with Gasteiger partial charge in [-0.3, -0.25) is 4.90 Å². The van der Waals surface area contributed by atoms with Crippen LogP contribution in [0.1, 0.15) is 12.6 Å². The van der Waals surface area contributed by atoms with Crippen LogP contribution in [0.5, 0.6) is 0 Å². The number of nitrogens with one attached hydrogen (secondary N) is 1. The monoisotopic (exact) mass is 335 g/mol. The molecule has 1 fully saturated rings. The lowest BCUT2D eigenvalue weighted by Crippen LogP contribution is -2.49. The number of piperazine rings is 1. The molecule has 0 aromatic carbocycles. The molecule has 1 atom stereocenters. The second-order valence-corrected chi connectivity index (χ2v) is 5.59. The van der Waals surface area contributed by atoms with Crippen LogP contribution >= 0.6 is 36.2 Å². The molecule has 0 amide bonds. The van der Waals surface area contributed by atoms with Crippen molar-refractivity contribution in [2.75, 3.05) is 19.6 Å². The summed E-state index contributed by atoms with van der Waals surface area (Å²) >= 11 is 1.66. The van der Waals surface area contributed by atoms with Gasteiger partial charge in [0, 0.05) is 32.2 Å². The van der Waals surface area contributed by atoms with Crippen molar-refractivity contribution >= 4 is 36.2 Å². The van der Waals surface area contributed by atoms with E-state index in [2.05, 4.69) is 22.1 Å². The average Bonchev–Trinajstić information content (AvgIpc) is 3.02. The third-order valence-electron chi connectivity index (χ3n) is 3.29. The first kappa shape index (κ1) is 17.5. The van der Waals surface area contributed by atoms with Gasteiger partial charge in [0.05, 0.1) is 10.6 Å². The van der Waals surface area contributed by atoms with Gasteiger partial charge in [-0.05, 0) is 18.4 Å². The maximum absolute atomic E-state index is 5.54. The fourth-order valence-corrected chi connectivity index (χ4v) is 2.87. The molecule has 0 spiro atoms. The normalized spacial score (nSPS) is 19.1. The lowest BCUT2D eigenvalue weighted by Gasteiger charge is -2.33. The van der Waals surface area contributed by atoms with E-state index in [-0.39, 0.29) is 24.8 Å². The second-order valence-electron chi connectivity index (χ2n) is 4.64. The van der Waals surface area contributed by atoms with Gasteiger partial charge in [-0.1, -0.05) is 6.07 Å². The van der Waals surface area contributed by atoms with Gasteiger partial charge in [0.25, 0.3) is 0 Å². The van der Waals surface area contributed by atoms with E-state index in [4.69, 9.17) is 4.42 Å². The zero-order chi connectivity index (χ0) is 12.4. The third kappa shape index (κ3) is 3.96. The zero-order valence-corrected chi connectivity index (χ0v) is 13.7. The Morgan fingerprint density at radius 3 is 3.05 bits per heavy atom. The Balaban J connectivity index is 0.000001000. The maximum Gasteiger partial charge on any atom is 0.236 e. The fraction of sp³-hybridized carbons (Fsp3) is 0.462. The number of halogens is 2. The van der Waals surface area contributed by atoms with E-state index in [0.29, 0.717) is 6.04 Å². The van der Waals surface area contributed by atoms with Crippen molar-refractivity contribution in [3.63, 3.8) is 0 Å². The highest BCUT2D eigenvalue weighted by Gasteiger charge is 2.19. The average molecular weight is 336 g/mol. The number of rotatable bonds is 3. The molecular weight excluding hydrogens is 317 g/mol. The van der Waals surface area contributed by atoms with E-state index in [9.17, 15) is 0 Å². The first-order valence-corrected chi connectivity index (χ1v) is 7.14. The molecular formula is C13H19Cl2N3OS. The van der Waals surface area contributed by atoms with Gasteiger partial charge in [0.1, 0.15) is 6.26 Å². The van der Waals surface area contributed by atoms with Crippen LogP contribution in [0.2, 0.25) is 0 Å². The number of nitrogens with zero attached hydrogens (tertiary/aromatic N) is 2. The number of aromatic nitrogens is 1. The van der Waals surface area contributed by atoms with Crippen molar-refractivity contribution in [1.82, 2.24) is 15.2 Å². The summed E-state index contributed by atoms with van der Waals surface area (Å²) < 4.78 is 5.54. The highest BCUT2D eigenvalue weighted by atomic mass is 35.5. The molecule has 0 bridgehead atoms. The summed E-state index contributed by atoms with van der Waals surface area (Å²) in [5.74, 6) is 0.739. The van der Waals surface area contributed by atoms with Gasteiger partial charge in [-0.15, -0.1) is 36.2 Å². The van der Waals surface area contributed by atoms with Gasteiger partial charge in [0.2, 0.25) is 5.89 Å². The quantitative estimate of drug-likeness (QED) is 0.935. The second kappa shape index (κ2) is 8.00. The largest absolute Gasteiger partial charge is 0.444 e. The van der Waals surface area contributed by atoms with E-state index in [0.717, 1.165) is 42.6 Å². The van der Waals surface area contributed by atoms with E-state index in [1.54, 1.807) is 17.6 Å². The third-order valence-corrected chi connectivity index (χ3v) is 4.15. The van der Waals surface area contributed by atoms with E-state index in [1.165, 1.54) is 0 Å². The van der Waals surface area contributed by atoms with E-state index in [1.807, 2.05) is 17.5 Å². The molecule has 1 unspecified atom stereocenters. The van der Waals surface area contributed by atoms with Gasteiger partial charge in [-0.25, -0.2) is 4.98 Å². The smallest absolute Gasteiger partial charge is 0.236 e. The zero-order valence-electron chi connectivity index (χ0n) is 11.2. The van der Waals surface area contributed by atoms with Crippen molar-refractivity contribution in [2.24, 2.45) is 0 Å². The summed E-state index contributed by atoms with van der Waals surface area (Å²) in [4.78, 5) is 8.09. The molecule has 1 saturated heterocycles. The number of thiophene rings is 1. The van der Waals surface area contributed by atoms with E-state index < -0.39 is 0 Å². The number of hydrogen-bond donors (Lipinski definition) is 1. The molecule has 0 radical (unpaired) electrons. The minimum Gasteiger partial charge on any atom is -0.444 e. The molecule has 7 heteroatoms. The lowest BCUT2D eigenvalue weighted by atomic mass is 10.2. The van der Waals surface area contributed by atoms with Crippen molar-refractivity contribution < 1.29 is 4.42 Å². The Morgan fingerprint density at radius 2 is 2.35 bits per heavy atom. The van der Waals surface area contributed by atoms with Crippen molar-refractivity contribution in [3.05, 3.63) is 29.5 Å². The summed E-state index contributed by atoms with van der Waals surface area (Å²) in [6.45, 7) is 6.29. The minimum atomic E-state index is 0. The van der Waals surface area contributed by atoms with Crippen LogP contribution in [0.4, 0.5) is 0 Å². The van der Waals surface area contributed by atoms with Crippen LogP contribution in [-0.4, -0.2) is 35.6 Å². The summed E-state index contributed by atoms with van der Waals surface area (Å²) in [7, 11) is 0. The Labute approximate surface area is 135 Å². The summed E-state index contributed by atoms with van der Waals surface area (Å²) in [5.41, 5.74) is 1.02. The van der Waals surface area contributed by atoms with Gasteiger partial charge in [0.15, 0.2) is 0 Å². The molecule has 3 rings (SSSR count). The van der Waals surface area contributed by atoms with Crippen LogP contribution in [0.3, 0.4) is 0 Å². The lowest BCUT2D eigenvalue weighted by molar-refractivity contribution is 0.163. The Bertz CT molecular complexity index is 503. The molecule has 20 heavy (non-hydrogen) atoms. The molecule has 1 aliphatic rings. The fourth-order valence-electron chi connectivity index (χ4n) is 2.22. The van der Waals surface area contributed by atoms with Crippen LogP contribution in [0.15, 0.2) is 28.2 Å². The number of hydrogen-bond acceptors (Lipinski definition) is 5. The summed E-state index contributed by atoms with van der Waals surface area (Å²) in [6.07, 6.45) is 1.78. The van der Waals surface area contributed by atoms with Gasteiger partial charge in [-0.2, -0.15) is 0 Å².